The molecule has 23 heavy (non-hydrogen) atoms. The van der Waals surface area contributed by atoms with Gasteiger partial charge in [-0.05, 0) is 51.3 Å². The summed E-state index contributed by atoms with van der Waals surface area (Å²) < 4.78 is 0. The molecule has 0 saturated carbocycles. The number of benzene rings is 1. The minimum Gasteiger partial charge on any atom is -0.352 e. The third-order valence-electron chi connectivity index (χ3n) is 3.50. The lowest BCUT2D eigenvalue weighted by Gasteiger charge is -2.07. The van der Waals surface area contributed by atoms with Crippen LogP contribution in [0.5, 0.6) is 0 Å². The van der Waals surface area contributed by atoms with Crippen LogP contribution in [-0.2, 0) is 4.79 Å². The van der Waals surface area contributed by atoms with E-state index >= 15 is 0 Å². The molecule has 0 aliphatic rings. The highest BCUT2D eigenvalue weighted by Gasteiger charge is 2.04. The minimum atomic E-state index is -0.0641. The second-order valence-electron chi connectivity index (χ2n) is 5.31. The standard InChI is InChI=1S/C19H26N2O2/c1-4-8-16-9-11-17(12-10-16)19(23)21-14-7-6-13-20-18(22)15(3)5-2/h4-5,8-12H,6-7,13-14H2,1-3H3,(H,20,22)(H,21,23)/b8-4+,15-5?. The molecule has 1 rings (SSSR count). The van der Waals surface area contributed by atoms with Crippen molar-refractivity contribution in [2.24, 2.45) is 0 Å². The van der Waals surface area contributed by atoms with Gasteiger partial charge in [0.05, 0.1) is 0 Å². The highest BCUT2D eigenvalue weighted by atomic mass is 16.2. The van der Waals surface area contributed by atoms with Gasteiger partial charge in [0, 0.05) is 24.2 Å². The Hall–Kier alpha value is -2.36. The van der Waals surface area contributed by atoms with Gasteiger partial charge in [-0.1, -0.05) is 30.4 Å². The third kappa shape index (κ3) is 6.96. The van der Waals surface area contributed by atoms with Crippen molar-refractivity contribution in [1.82, 2.24) is 10.6 Å². The topological polar surface area (TPSA) is 58.2 Å². The second-order valence-corrected chi connectivity index (χ2v) is 5.31. The molecule has 0 heterocycles. The molecule has 0 aliphatic carbocycles. The van der Waals surface area contributed by atoms with Gasteiger partial charge in [0.1, 0.15) is 0 Å². The summed E-state index contributed by atoms with van der Waals surface area (Å²) in [4.78, 5) is 23.5. The first-order valence-electron chi connectivity index (χ1n) is 8.00. The van der Waals surface area contributed by atoms with E-state index in [9.17, 15) is 9.59 Å². The van der Waals surface area contributed by atoms with Gasteiger partial charge in [-0.15, -0.1) is 0 Å². The van der Waals surface area contributed by atoms with Gasteiger partial charge in [0.25, 0.3) is 5.91 Å². The monoisotopic (exact) mass is 314 g/mol. The van der Waals surface area contributed by atoms with Gasteiger partial charge >= 0.3 is 0 Å². The predicted octanol–water partition coefficient (Wildman–Crippen LogP) is 3.31. The van der Waals surface area contributed by atoms with E-state index in [4.69, 9.17) is 0 Å². The number of hydrogen-bond donors (Lipinski definition) is 2. The first kappa shape index (κ1) is 18.7. The Labute approximate surface area is 138 Å². The van der Waals surface area contributed by atoms with Crippen LogP contribution in [0.2, 0.25) is 0 Å². The van der Waals surface area contributed by atoms with Crippen molar-refractivity contribution in [2.75, 3.05) is 13.1 Å². The van der Waals surface area contributed by atoms with Gasteiger partial charge in [-0.25, -0.2) is 0 Å². The van der Waals surface area contributed by atoms with Crippen molar-refractivity contribution in [2.45, 2.75) is 33.6 Å². The number of nitrogens with one attached hydrogen (secondary N) is 2. The fraction of sp³-hybridized carbons (Fsp3) is 0.368. The molecule has 0 bridgehead atoms. The summed E-state index contributed by atoms with van der Waals surface area (Å²) in [6.07, 6.45) is 7.41. The molecule has 0 atom stereocenters. The summed E-state index contributed by atoms with van der Waals surface area (Å²) >= 11 is 0. The summed E-state index contributed by atoms with van der Waals surface area (Å²) in [6.45, 7) is 6.82. The number of unbranched alkanes of at least 4 members (excludes halogenated alkanes) is 1. The maximum atomic E-state index is 12.0. The molecule has 0 spiro atoms. The molecule has 0 saturated heterocycles. The summed E-state index contributed by atoms with van der Waals surface area (Å²) in [5.41, 5.74) is 2.46. The van der Waals surface area contributed by atoms with Crippen LogP contribution in [0.3, 0.4) is 0 Å². The average molecular weight is 314 g/mol. The van der Waals surface area contributed by atoms with E-state index in [0.29, 0.717) is 18.7 Å². The van der Waals surface area contributed by atoms with Crippen LogP contribution < -0.4 is 10.6 Å². The number of allylic oxidation sites excluding steroid dienone is 2. The Kier molecular flexibility index (Phi) is 8.43. The summed E-state index contributed by atoms with van der Waals surface area (Å²) in [5.74, 6) is -0.0939. The average Bonchev–Trinajstić information content (AvgIpc) is 2.57. The Morgan fingerprint density at radius 1 is 1.00 bits per heavy atom. The molecule has 2 amide bonds. The van der Waals surface area contributed by atoms with Crippen LogP contribution >= 0.6 is 0 Å². The van der Waals surface area contributed by atoms with E-state index in [0.717, 1.165) is 24.0 Å². The SMILES string of the molecule is CC=C(C)C(=O)NCCCCNC(=O)c1ccc(/C=C/C)cc1. The van der Waals surface area contributed by atoms with E-state index in [1.807, 2.05) is 50.3 Å². The molecule has 0 radical (unpaired) electrons. The van der Waals surface area contributed by atoms with Gasteiger partial charge in [-0.3, -0.25) is 9.59 Å². The van der Waals surface area contributed by atoms with Crippen LogP contribution in [0.4, 0.5) is 0 Å². The van der Waals surface area contributed by atoms with Crippen LogP contribution in [0.1, 0.15) is 49.5 Å². The number of carbonyl (C=O) groups is 2. The molecule has 1 aromatic rings. The fourth-order valence-electron chi connectivity index (χ4n) is 1.96. The summed E-state index contributed by atoms with van der Waals surface area (Å²) in [7, 11) is 0. The maximum Gasteiger partial charge on any atom is 0.251 e. The van der Waals surface area contributed by atoms with Crippen molar-refractivity contribution in [1.29, 1.82) is 0 Å². The molecular weight excluding hydrogens is 288 g/mol. The van der Waals surface area contributed by atoms with E-state index in [1.54, 1.807) is 13.0 Å². The zero-order chi connectivity index (χ0) is 17.1. The molecule has 2 N–H and O–H groups in total. The smallest absolute Gasteiger partial charge is 0.251 e. The van der Waals surface area contributed by atoms with Crippen LogP contribution in [0.15, 0.2) is 42.0 Å². The van der Waals surface area contributed by atoms with Crippen LogP contribution in [-0.4, -0.2) is 24.9 Å². The maximum absolute atomic E-state index is 12.0. The number of carbonyl (C=O) groups excluding carboxylic acids is 2. The van der Waals surface area contributed by atoms with Crippen LogP contribution in [0, 0.1) is 0 Å². The first-order chi connectivity index (χ1) is 11.1. The third-order valence-corrected chi connectivity index (χ3v) is 3.50. The molecule has 0 unspecified atom stereocenters. The van der Waals surface area contributed by atoms with Gasteiger partial charge in [0.2, 0.25) is 5.91 Å². The zero-order valence-electron chi connectivity index (χ0n) is 14.2. The Balaban J connectivity index is 2.23. The molecule has 1 aromatic carbocycles. The van der Waals surface area contributed by atoms with E-state index in [2.05, 4.69) is 10.6 Å². The van der Waals surface area contributed by atoms with E-state index in [-0.39, 0.29) is 11.8 Å². The minimum absolute atomic E-state index is 0.0299. The summed E-state index contributed by atoms with van der Waals surface area (Å²) in [5, 5.41) is 5.74. The van der Waals surface area contributed by atoms with E-state index < -0.39 is 0 Å². The quantitative estimate of drug-likeness (QED) is 0.571. The first-order valence-corrected chi connectivity index (χ1v) is 8.00. The van der Waals surface area contributed by atoms with Crippen LogP contribution in [0.25, 0.3) is 6.08 Å². The second kappa shape index (κ2) is 10.4. The van der Waals surface area contributed by atoms with Crippen molar-refractivity contribution in [3.8, 4) is 0 Å². The normalized spacial score (nSPS) is 11.5. The lowest BCUT2D eigenvalue weighted by Crippen LogP contribution is -2.27. The van der Waals surface area contributed by atoms with Crippen molar-refractivity contribution in [3.63, 3.8) is 0 Å². The molecule has 4 heteroatoms. The van der Waals surface area contributed by atoms with Gasteiger partial charge < -0.3 is 10.6 Å². The Bertz CT molecular complexity index is 572. The van der Waals surface area contributed by atoms with Crippen molar-refractivity contribution >= 4 is 17.9 Å². The molecular formula is C19H26N2O2. The summed E-state index contributed by atoms with van der Waals surface area (Å²) in [6, 6.07) is 7.50. The number of rotatable bonds is 8. The fourth-order valence-corrected chi connectivity index (χ4v) is 1.96. The Morgan fingerprint density at radius 3 is 2.17 bits per heavy atom. The number of amides is 2. The van der Waals surface area contributed by atoms with Gasteiger partial charge in [-0.2, -0.15) is 0 Å². The lowest BCUT2D eigenvalue weighted by molar-refractivity contribution is -0.117. The van der Waals surface area contributed by atoms with Crippen molar-refractivity contribution < 1.29 is 9.59 Å². The molecule has 4 nitrogen and oxygen atoms in total. The highest BCUT2D eigenvalue weighted by Crippen LogP contribution is 2.06. The zero-order valence-corrected chi connectivity index (χ0v) is 14.2. The molecule has 0 aromatic heterocycles. The predicted molar refractivity (Wildman–Crippen MR) is 95.2 cm³/mol. The molecule has 124 valence electrons. The molecule has 0 fully saturated rings. The Morgan fingerprint density at radius 2 is 1.61 bits per heavy atom. The van der Waals surface area contributed by atoms with E-state index in [1.165, 1.54) is 0 Å². The molecule has 0 aliphatic heterocycles. The van der Waals surface area contributed by atoms with Crippen molar-refractivity contribution in [3.05, 3.63) is 53.1 Å². The largest absolute Gasteiger partial charge is 0.352 e. The highest BCUT2D eigenvalue weighted by molar-refractivity contribution is 5.94. The number of hydrogen-bond acceptors (Lipinski definition) is 2. The lowest BCUT2D eigenvalue weighted by atomic mass is 10.1. The van der Waals surface area contributed by atoms with Gasteiger partial charge in [0.15, 0.2) is 0 Å².